The van der Waals surface area contributed by atoms with Gasteiger partial charge in [-0.15, -0.1) is 24.0 Å². The van der Waals surface area contributed by atoms with Crippen molar-refractivity contribution >= 4 is 34.1 Å². The van der Waals surface area contributed by atoms with Crippen LogP contribution in [0.3, 0.4) is 0 Å². The number of rotatable bonds is 0. The van der Waals surface area contributed by atoms with Crippen molar-refractivity contribution in [3.8, 4) is 5.75 Å². The molecular formula is C9H8OS2. The number of fused-ring (bicyclic) bond motifs is 1. The van der Waals surface area contributed by atoms with Crippen molar-refractivity contribution in [2.75, 3.05) is 0 Å². The van der Waals surface area contributed by atoms with Crippen LogP contribution in [0.1, 0.15) is 5.56 Å². The molecule has 1 nitrogen and oxygen atoms in total. The van der Waals surface area contributed by atoms with E-state index in [4.69, 9.17) is 0 Å². The average molecular weight is 196 g/mol. The third kappa shape index (κ3) is 1.01. The highest BCUT2D eigenvalue weighted by Crippen LogP contribution is 2.36. The van der Waals surface area contributed by atoms with Gasteiger partial charge in [-0.05, 0) is 30.0 Å². The highest BCUT2D eigenvalue weighted by atomic mass is 32.1. The molecule has 2 rings (SSSR count). The predicted octanol–water partition coefficient (Wildman–Crippen LogP) is 3.20. The molecule has 0 atom stereocenters. The fraction of sp³-hybridized carbons (Fsp3) is 0.111. The molecule has 1 heterocycles. The minimum absolute atomic E-state index is 0.301. The summed E-state index contributed by atoms with van der Waals surface area (Å²) in [5, 5.41) is 12.5. The third-order valence-electron chi connectivity index (χ3n) is 1.90. The quantitative estimate of drug-likeness (QED) is 0.620. The van der Waals surface area contributed by atoms with Crippen LogP contribution in [-0.2, 0) is 0 Å². The molecule has 0 bridgehead atoms. The van der Waals surface area contributed by atoms with Crippen molar-refractivity contribution in [1.82, 2.24) is 0 Å². The van der Waals surface area contributed by atoms with Crippen LogP contribution in [0.5, 0.6) is 5.75 Å². The Labute approximate surface area is 80.1 Å². The number of thiol groups is 1. The first-order valence-corrected chi connectivity index (χ1v) is 4.91. The molecule has 1 N–H and O–H groups in total. The molecule has 1 aromatic heterocycles. The average Bonchev–Trinajstić information content (AvgIpc) is 2.48. The first kappa shape index (κ1) is 7.95. The number of hydrogen-bond donors (Lipinski definition) is 2. The first-order valence-electron chi connectivity index (χ1n) is 3.59. The fourth-order valence-electron chi connectivity index (χ4n) is 1.21. The highest BCUT2D eigenvalue weighted by molar-refractivity contribution is 7.80. The van der Waals surface area contributed by atoms with Gasteiger partial charge in [-0.2, -0.15) is 0 Å². The Hall–Kier alpha value is -0.670. The Balaban J connectivity index is 2.94. The summed E-state index contributed by atoms with van der Waals surface area (Å²) in [6, 6.07) is 3.95. The molecule has 0 unspecified atom stereocenters. The smallest absolute Gasteiger partial charge is 0.137 e. The molecular weight excluding hydrogens is 188 g/mol. The number of aryl methyl sites for hydroxylation is 1. The summed E-state index contributed by atoms with van der Waals surface area (Å²) in [6.07, 6.45) is 0. The van der Waals surface area contributed by atoms with Crippen LogP contribution in [0, 0.1) is 6.92 Å². The molecule has 62 valence electrons. The van der Waals surface area contributed by atoms with Gasteiger partial charge < -0.3 is 5.11 Å². The number of thiophene rings is 1. The summed E-state index contributed by atoms with van der Waals surface area (Å²) in [7, 11) is 0. The van der Waals surface area contributed by atoms with Gasteiger partial charge in [0.15, 0.2) is 0 Å². The van der Waals surface area contributed by atoms with Gasteiger partial charge in [-0.1, -0.05) is 0 Å². The van der Waals surface area contributed by atoms with Gasteiger partial charge in [0.25, 0.3) is 0 Å². The van der Waals surface area contributed by atoms with Gasteiger partial charge in [-0.3, -0.25) is 0 Å². The van der Waals surface area contributed by atoms with E-state index in [0.717, 1.165) is 15.6 Å². The lowest BCUT2D eigenvalue weighted by atomic mass is 10.2. The molecule has 0 amide bonds. The molecule has 0 saturated heterocycles. The second-order valence-corrected chi connectivity index (χ2v) is 4.12. The molecule has 0 saturated carbocycles. The predicted molar refractivity (Wildman–Crippen MR) is 55.5 cm³/mol. The summed E-state index contributed by atoms with van der Waals surface area (Å²) in [5.41, 5.74) is 1.02. The fourth-order valence-corrected chi connectivity index (χ4v) is 2.28. The molecule has 0 fully saturated rings. The lowest BCUT2D eigenvalue weighted by Crippen LogP contribution is -1.77. The largest absolute Gasteiger partial charge is 0.506 e. The Morgan fingerprint density at radius 1 is 1.50 bits per heavy atom. The summed E-state index contributed by atoms with van der Waals surface area (Å²) in [5.74, 6) is 0.301. The van der Waals surface area contributed by atoms with Crippen LogP contribution in [-0.4, -0.2) is 5.11 Å². The maximum Gasteiger partial charge on any atom is 0.137 e. The zero-order valence-corrected chi connectivity index (χ0v) is 8.25. The van der Waals surface area contributed by atoms with Crippen LogP contribution in [0.25, 0.3) is 10.1 Å². The van der Waals surface area contributed by atoms with E-state index in [1.165, 1.54) is 0 Å². The van der Waals surface area contributed by atoms with Crippen molar-refractivity contribution in [2.24, 2.45) is 0 Å². The molecule has 3 heteroatoms. The maximum atomic E-state index is 9.66. The van der Waals surface area contributed by atoms with E-state index in [1.807, 2.05) is 24.4 Å². The van der Waals surface area contributed by atoms with E-state index in [9.17, 15) is 5.11 Å². The third-order valence-corrected chi connectivity index (χ3v) is 3.32. The lowest BCUT2D eigenvalue weighted by molar-refractivity contribution is 0.468. The van der Waals surface area contributed by atoms with Crippen LogP contribution < -0.4 is 0 Å². The van der Waals surface area contributed by atoms with Gasteiger partial charge in [0, 0.05) is 15.0 Å². The molecule has 0 aliphatic rings. The number of aromatic hydroxyl groups is 1. The number of phenols is 1. The highest BCUT2D eigenvalue weighted by Gasteiger charge is 2.07. The van der Waals surface area contributed by atoms with Gasteiger partial charge in [0.05, 0.1) is 0 Å². The van der Waals surface area contributed by atoms with Crippen molar-refractivity contribution in [1.29, 1.82) is 0 Å². The van der Waals surface area contributed by atoms with Crippen LogP contribution in [0.2, 0.25) is 0 Å². The topological polar surface area (TPSA) is 20.2 Å². The lowest BCUT2D eigenvalue weighted by Gasteiger charge is -2.02. The molecule has 0 spiro atoms. The number of phenolic OH excluding ortho intramolecular Hbond substituents is 1. The van der Waals surface area contributed by atoms with Crippen LogP contribution >= 0.6 is 24.0 Å². The summed E-state index contributed by atoms with van der Waals surface area (Å²) < 4.78 is 1.11. The molecule has 0 aliphatic heterocycles. The maximum absolute atomic E-state index is 9.66. The number of hydrogen-bond acceptors (Lipinski definition) is 3. The van der Waals surface area contributed by atoms with Gasteiger partial charge in [0.1, 0.15) is 5.75 Å². The molecule has 2 aromatic rings. The monoisotopic (exact) mass is 196 g/mol. The minimum atomic E-state index is 0.301. The second-order valence-electron chi connectivity index (χ2n) is 2.72. The standard InChI is InChI=1S/C9H8OS2/c1-5-4-7-6(2-3-12-7)8(10)9(5)11/h2-4,10-11H,1H3. The van der Waals surface area contributed by atoms with E-state index in [1.54, 1.807) is 11.3 Å². The van der Waals surface area contributed by atoms with E-state index < -0.39 is 0 Å². The van der Waals surface area contributed by atoms with E-state index >= 15 is 0 Å². The summed E-state index contributed by atoms with van der Waals surface area (Å²) >= 11 is 5.85. The summed E-state index contributed by atoms with van der Waals surface area (Å²) in [4.78, 5) is 0.681. The zero-order chi connectivity index (χ0) is 8.72. The first-order chi connectivity index (χ1) is 5.70. The van der Waals surface area contributed by atoms with Crippen molar-refractivity contribution in [2.45, 2.75) is 11.8 Å². The van der Waals surface area contributed by atoms with E-state index in [-0.39, 0.29) is 0 Å². The second kappa shape index (κ2) is 2.68. The summed E-state index contributed by atoms with van der Waals surface area (Å²) in [6.45, 7) is 1.95. The number of benzene rings is 1. The molecule has 1 aromatic carbocycles. The Morgan fingerprint density at radius 3 is 3.00 bits per heavy atom. The normalized spacial score (nSPS) is 10.8. The molecule has 0 radical (unpaired) electrons. The molecule has 0 aliphatic carbocycles. The van der Waals surface area contributed by atoms with Gasteiger partial charge >= 0.3 is 0 Å². The Bertz CT molecular complexity index is 431. The van der Waals surface area contributed by atoms with Crippen molar-refractivity contribution in [3.05, 3.63) is 23.1 Å². The van der Waals surface area contributed by atoms with E-state index in [0.29, 0.717) is 10.6 Å². The van der Waals surface area contributed by atoms with Crippen LogP contribution in [0.4, 0.5) is 0 Å². The van der Waals surface area contributed by atoms with Gasteiger partial charge in [0.2, 0.25) is 0 Å². The van der Waals surface area contributed by atoms with Gasteiger partial charge in [-0.25, -0.2) is 0 Å². The van der Waals surface area contributed by atoms with E-state index in [2.05, 4.69) is 12.6 Å². The Kier molecular flexibility index (Phi) is 1.77. The van der Waals surface area contributed by atoms with Crippen LogP contribution in [0.15, 0.2) is 22.4 Å². The molecule has 12 heavy (non-hydrogen) atoms. The van der Waals surface area contributed by atoms with Crippen molar-refractivity contribution in [3.63, 3.8) is 0 Å². The van der Waals surface area contributed by atoms with Crippen molar-refractivity contribution < 1.29 is 5.11 Å². The zero-order valence-electron chi connectivity index (χ0n) is 6.53. The minimum Gasteiger partial charge on any atom is -0.506 e. The SMILES string of the molecule is Cc1cc2sccc2c(O)c1S. The Morgan fingerprint density at radius 2 is 2.25 bits per heavy atom.